The van der Waals surface area contributed by atoms with Crippen molar-refractivity contribution in [1.29, 1.82) is 0 Å². The fourth-order valence-corrected chi connectivity index (χ4v) is 3.24. The number of hydrogen-bond acceptors (Lipinski definition) is 5. The van der Waals surface area contributed by atoms with Gasteiger partial charge in [0.25, 0.3) is 0 Å². The van der Waals surface area contributed by atoms with Crippen molar-refractivity contribution in [2.75, 3.05) is 46.5 Å². The number of methoxy groups -OCH3 is 1. The second-order valence-electron chi connectivity index (χ2n) is 7.04. The Morgan fingerprint density at radius 2 is 2.00 bits per heavy atom. The fourth-order valence-electron chi connectivity index (χ4n) is 3.24. The van der Waals surface area contributed by atoms with Gasteiger partial charge in [-0.15, -0.1) is 24.0 Å². The van der Waals surface area contributed by atoms with Crippen molar-refractivity contribution in [3.05, 3.63) is 23.8 Å². The van der Waals surface area contributed by atoms with Gasteiger partial charge < -0.3 is 25.2 Å². The molecule has 1 saturated heterocycles. The lowest BCUT2D eigenvalue weighted by Crippen LogP contribution is -2.52. The van der Waals surface area contributed by atoms with Crippen LogP contribution in [0.5, 0.6) is 11.5 Å². The first-order valence-electron chi connectivity index (χ1n) is 9.75. The molecule has 0 radical (unpaired) electrons. The van der Waals surface area contributed by atoms with Gasteiger partial charge in [-0.1, -0.05) is 19.9 Å². The number of aromatic hydroxyl groups is 1. The highest BCUT2D eigenvalue weighted by Crippen LogP contribution is 2.26. The lowest BCUT2D eigenvalue weighted by atomic mass is 10.0. The van der Waals surface area contributed by atoms with Crippen LogP contribution >= 0.6 is 24.0 Å². The van der Waals surface area contributed by atoms with Gasteiger partial charge in [0.2, 0.25) is 0 Å². The molecule has 160 valence electrons. The van der Waals surface area contributed by atoms with Gasteiger partial charge in [-0.2, -0.15) is 0 Å². The molecule has 1 unspecified atom stereocenters. The van der Waals surface area contributed by atoms with Crippen LogP contribution in [-0.2, 0) is 11.3 Å². The third kappa shape index (κ3) is 7.63. The monoisotopic (exact) mass is 506 g/mol. The lowest BCUT2D eigenvalue weighted by Gasteiger charge is -2.37. The molecule has 0 saturated carbocycles. The van der Waals surface area contributed by atoms with Crippen LogP contribution in [0.1, 0.15) is 26.3 Å². The van der Waals surface area contributed by atoms with Gasteiger partial charge in [0, 0.05) is 32.2 Å². The summed E-state index contributed by atoms with van der Waals surface area (Å²) in [4.78, 5) is 7.15. The molecule has 1 heterocycles. The van der Waals surface area contributed by atoms with E-state index in [9.17, 15) is 5.11 Å². The topological polar surface area (TPSA) is 78.4 Å². The van der Waals surface area contributed by atoms with Gasteiger partial charge in [0.15, 0.2) is 17.5 Å². The van der Waals surface area contributed by atoms with Gasteiger partial charge in [0.05, 0.1) is 26.9 Å². The number of morpholine rings is 1. The zero-order chi connectivity index (χ0) is 19.6. The number of halogens is 1. The summed E-state index contributed by atoms with van der Waals surface area (Å²) in [6.07, 6.45) is 0. The summed E-state index contributed by atoms with van der Waals surface area (Å²) in [7, 11) is 1.54. The second kappa shape index (κ2) is 13.1. The lowest BCUT2D eigenvalue weighted by molar-refractivity contribution is 0.00752. The van der Waals surface area contributed by atoms with E-state index in [2.05, 4.69) is 41.3 Å². The molecule has 1 aliphatic rings. The zero-order valence-electron chi connectivity index (χ0n) is 17.4. The molecule has 28 heavy (non-hydrogen) atoms. The van der Waals surface area contributed by atoms with Crippen LogP contribution in [0.15, 0.2) is 23.2 Å². The minimum atomic E-state index is 0. The van der Waals surface area contributed by atoms with Gasteiger partial charge in [0.1, 0.15) is 0 Å². The van der Waals surface area contributed by atoms with Crippen molar-refractivity contribution in [2.45, 2.75) is 33.4 Å². The van der Waals surface area contributed by atoms with Crippen molar-refractivity contribution in [3.63, 3.8) is 0 Å². The Balaban J connectivity index is 0.00000392. The van der Waals surface area contributed by atoms with Gasteiger partial charge in [-0.05, 0) is 30.5 Å². The fraction of sp³-hybridized carbons (Fsp3) is 0.650. The van der Waals surface area contributed by atoms with Crippen molar-refractivity contribution >= 4 is 29.9 Å². The molecule has 8 heteroatoms. The highest BCUT2D eigenvalue weighted by molar-refractivity contribution is 14.0. The minimum Gasteiger partial charge on any atom is -0.504 e. The standard InChI is InChI=1S/C20H34N4O3.HI/c1-5-21-20(22-13-16-6-7-19(26-4)18(25)12-16)23-14-17(15(2)3)24-8-10-27-11-9-24;/h6-7,12,15,17,25H,5,8-11,13-14H2,1-4H3,(H2,21,22,23);1H. The van der Waals surface area contributed by atoms with Gasteiger partial charge in [-0.25, -0.2) is 4.99 Å². The molecule has 0 spiro atoms. The zero-order valence-corrected chi connectivity index (χ0v) is 19.7. The Morgan fingerprint density at radius 3 is 2.57 bits per heavy atom. The molecule has 0 bridgehead atoms. The summed E-state index contributed by atoms with van der Waals surface area (Å²) in [5.41, 5.74) is 0.930. The summed E-state index contributed by atoms with van der Waals surface area (Å²) in [5.74, 6) is 1.93. The predicted molar refractivity (Wildman–Crippen MR) is 124 cm³/mol. The quantitative estimate of drug-likeness (QED) is 0.286. The normalized spacial score (nSPS) is 16.4. The second-order valence-corrected chi connectivity index (χ2v) is 7.04. The number of guanidine groups is 1. The van der Waals surface area contributed by atoms with Crippen molar-refractivity contribution in [2.24, 2.45) is 10.9 Å². The minimum absolute atomic E-state index is 0. The Hall–Kier alpha value is -1.26. The largest absolute Gasteiger partial charge is 0.504 e. The molecule has 0 amide bonds. The van der Waals surface area contributed by atoms with Gasteiger partial charge in [-0.3, -0.25) is 4.90 Å². The number of phenolic OH excluding ortho intramolecular Hbond substituents is 1. The summed E-state index contributed by atoms with van der Waals surface area (Å²) in [6.45, 7) is 12.2. The van der Waals surface area contributed by atoms with Crippen LogP contribution in [0.4, 0.5) is 0 Å². The summed E-state index contributed by atoms with van der Waals surface area (Å²) in [6, 6.07) is 5.79. The van der Waals surface area contributed by atoms with Crippen molar-refractivity contribution < 1.29 is 14.6 Å². The molecule has 1 aliphatic heterocycles. The molecule has 0 aromatic heterocycles. The van der Waals surface area contributed by atoms with E-state index in [1.165, 1.54) is 0 Å². The average molecular weight is 506 g/mol. The number of benzene rings is 1. The number of nitrogens with one attached hydrogen (secondary N) is 2. The van der Waals surface area contributed by atoms with E-state index in [0.29, 0.717) is 24.3 Å². The molecule has 1 aromatic carbocycles. The number of phenols is 1. The SMILES string of the molecule is CCNC(=NCc1ccc(OC)c(O)c1)NCC(C(C)C)N1CCOCC1.I. The van der Waals surface area contributed by atoms with Crippen molar-refractivity contribution in [1.82, 2.24) is 15.5 Å². The number of rotatable bonds is 8. The van der Waals surface area contributed by atoms with Crippen LogP contribution in [0, 0.1) is 5.92 Å². The van der Waals surface area contributed by atoms with E-state index < -0.39 is 0 Å². The first kappa shape index (κ1) is 24.8. The van der Waals surface area contributed by atoms with E-state index in [1.807, 2.05) is 6.07 Å². The summed E-state index contributed by atoms with van der Waals surface area (Å²) in [5, 5.41) is 16.7. The summed E-state index contributed by atoms with van der Waals surface area (Å²) < 4.78 is 10.6. The molecule has 3 N–H and O–H groups in total. The average Bonchev–Trinajstić information content (AvgIpc) is 2.67. The Bertz CT molecular complexity index is 607. The number of hydrogen-bond donors (Lipinski definition) is 3. The van der Waals surface area contributed by atoms with Crippen LogP contribution in [0.25, 0.3) is 0 Å². The molecule has 1 fully saturated rings. The number of aliphatic imine (C=N–C) groups is 1. The summed E-state index contributed by atoms with van der Waals surface area (Å²) >= 11 is 0. The van der Waals surface area contributed by atoms with E-state index in [4.69, 9.17) is 9.47 Å². The molecule has 7 nitrogen and oxygen atoms in total. The Labute approximate surface area is 185 Å². The van der Waals surface area contributed by atoms with E-state index in [-0.39, 0.29) is 29.7 Å². The smallest absolute Gasteiger partial charge is 0.191 e. The molecule has 1 atom stereocenters. The highest BCUT2D eigenvalue weighted by Gasteiger charge is 2.23. The first-order chi connectivity index (χ1) is 13.0. The highest BCUT2D eigenvalue weighted by atomic mass is 127. The number of nitrogens with zero attached hydrogens (tertiary/aromatic N) is 2. The molecular weight excluding hydrogens is 471 g/mol. The molecule has 2 rings (SSSR count). The van der Waals surface area contributed by atoms with Crippen LogP contribution in [-0.4, -0.2) is 68.5 Å². The van der Waals surface area contributed by atoms with E-state index in [1.54, 1.807) is 19.2 Å². The maximum atomic E-state index is 9.92. The van der Waals surface area contributed by atoms with Gasteiger partial charge >= 0.3 is 0 Å². The Kier molecular flexibility index (Phi) is 11.6. The molecule has 1 aromatic rings. The molecule has 0 aliphatic carbocycles. The first-order valence-corrected chi connectivity index (χ1v) is 9.75. The Morgan fingerprint density at radius 1 is 1.29 bits per heavy atom. The third-order valence-electron chi connectivity index (χ3n) is 4.77. The van der Waals surface area contributed by atoms with Crippen LogP contribution in [0.3, 0.4) is 0 Å². The maximum Gasteiger partial charge on any atom is 0.191 e. The number of ether oxygens (including phenoxy) is 2. The van der Waals surface area contributed by atoms with E-state index >= 15 is 0 Å². The van der Waals surface area contributed by atoms with Crippen LogP contribution in [0.2, 0.25) is 0 Å². The van der Waals surface area contributed by atoms with E-state index in [0.717, 1.165) is 50.9 Å². The molecular formula is C20H35IN4O3. The predicted octanol–water partition coefficient (Wildman–Crippen LogP) is 2.43. The maximum absolute atomic E-state index is 9.92. The van der Waals surface area contributed by atoms with Crippen LogP contribution < -0.4 is 15.4 Å². The van der Waals surface area contributed by atoms with Crippen molar-refractivity contribution in [3.8, 4) is 11.5 Å². The third-order valence-corrected chi connectivity index (χ3v) is 4.77.